The van der Waals surface area contributed by atoms with Crippen LogP contribution in [0.25, 0.3) is 0 Å². The fourth-order valence-electron chi connectivity index (χ4n) is 3.50. The lowest BCUT2D eigenvalue weighted by Gasteiger charge is -2.34. The Hall–Kier alpha value is -1.44. The molecule has 1 amide bonds. The Kier molecular flexibility index (Phi) is 4.94. The Balaban J connectivity index is 1.86. The first-order chi connectivity index (χ1) is 11.4. The van der Waals surface area contributed by atoms with Crippen LogP contribution in [0.5, 0.6) is 0 Å². The highest BCUT2D eigenvalue weighted by Gasteiger charge is 2.29. The van der Waals surface area contributed by atoms with E-state index in [1.54, 1.807) is 34.3 Å². The van der Waals surface area contributed by atoms with Gasteiger partial charge in [-0.25, -0.2) is 8.42 Å². The number of benzene rings is 1. The number of aryl methyl sites for hydroxylation is 1. The zero-order chi connectivity index (χ0) is 17.3. The molecule has 0 spiro atoms. The van der Waals surface area contributed by atoms with E-state index in [4.69, 9.17) is 0 Å². The smallest absolute Gasteiger partial charge is 0.243 e. The molecule has 0 unspecified atom stereocenters. The van der Waals surface area contributed by atoms with Gasteiger partial charge in [-0.15, -0.1) is 0 Å². The summed E-state index contributed by atoms with van der Waals surface area (Å²) in [6.45, 7) is 7.92. The Morgan fingerprint density at radius 3 is 2.46 bits per heavy atom. The summed E-state index contributed by atoms with van der Waals surface area (Å²) in [6, 6.07) is 5.18. The van der Waals surface area contributed by atoms with Crippen LogP contribution in [0.15, 0.2) is 23.1 Å². The van der Waals surface area contributed by atoms with Crippen molar-refractivity contribution in [2.24, 2.45) is 0 Å². The van der Waals surface area contributed by atoms with E-state index in [-0.39, 0.29) is 5.91 Å². The Labute approximate surface area is 144 Å². The average molecular weight is 351 g/mol. The molecule has 0 bridgehead atoms. The number of carbonyl (C=O) groups excluding carboxylic acids is 1. The molecule has 0 aliphatic carbocycles. The number of amides is 1. The highest BCUT2D eigenvalue weighted by Crippen LogP contribution is 2.30. The molecule has 1 aromatic carbocycles. The first-order valence-corrected chi connectivity index (χ1v) is 10.0. The number of sulfonamides is 1. The van der Waals surface area contributed by atoms with E-state index in [0.717, 1.165) is 43.7 Å². The maximum absolute atomic E-state index is 12.9. The minimum absolute atomic E-state index is 0.00208. The largest absolute Gasteiger partial charge is 0.312 e. The summed E-state index contributed by atoms with van der Waals surface area (Å²) in [5, 5.41) is 0. The number of hydrogen-bond acceptors (Lipinski definition) is 4. The molecule has 24 heavy (non-hydrogen) atoms. The number of piperazine rings is 1. The fourth-order valence-corrected chi connectivity index (χ4v) is 4.97. The molecule has 2 aliphatic heterocycles. The van der Waals surface area contributed by atoms with E-state index in [1.165, 1.54) is 0 Å². The molecule has 3 rings (SSSR count). The van der Waals surface area contributed by atoms with Gasteiger partial charge in [0.1, 0.15) is 0 Å². The predicted molar refractivity (Wildman–Crippen MR) is 93.7 cm³/mol. The van der Waals surface area contributed by atoms with Gasteiger partial charge in [-0.3, -0.25) is 4.79 Å². The van der Waals surface area contributed by atoms with Crippen LogP contribution in [-0.2, 0) is 21.2 Å². The summed E-state index contributed by atoms with van der Waals surface area (Å²) in [4.78, 5) is 16.1. The number of fused-ring (bicyclic) bond motifs is 1. The Morgan fingerprint density at radius 2 is 1.83 bits per heavy atom. The van der Waals surface area contributed by atoms with Crippen LogP contribution in [0.4, 0.5) is 5.69 Å². The second-order valence-corrected chi connectivity index (χ2v) is 8.34. The molecular weight excluding hydrogens is 326 g/mol. The first kappa shape index (κ1) is 17.4. The summed E-state index contributed by atoms with van der Waals surface area (Å²) in [5.41, 5.74) is 1.80. The summed E-state index contributed by atoms with van der Waals surface area (Å²) in [5.74, 6) is 0.00208. The maximum atomic E-state index is 12.9. The van der Waals surface area contributed by atoms with Gasteiger partial charge in [-0.1, -0.05) is 6.92 Å². The summed E-state index contributed by atoms with van der Waals surface area (Å²) in [7, 11) is -3.46. The highest BCUT2D eigenvalue weighted by atomic mass is 32.2. The molecular formula is C17H25N3O3S. The first-order valence-electron chi connectivity index (χ1n) is 8.57. The van der Waals surface area contributed by atoms with Gasteiger partial charge in [0.25, 0.3) is 0 Å². The minimum Gasteiger partial charge on any atom is -0.312 e. The van der Waals surface area contributed by atoms with Gasteiger partial charge < -0.3 is 9.80 Å². The molecule has 0 saturated carbocycles. The Bertz CT molecular complexity index is 725. The molecule has 2 heterocycles. The molecule has 0 N–H and O–H groups in total. The van der Waals surface area contributed by atoms with E-state index in [9.17, 15) is 13.2 Å². The van der Waals surface area contributed by atoms with Crippen LogP contribution < -0.4 is 4.90 Å². The number of likely N-dealkylation sites (N-methyl/N-ethyl adjacent to an activating group) is 1. The third kappa shape index (κ3) is 3.20. The third-order valence-corrected chi connectivity index (χ3v) is 6.86. The lowest BCUT2D eigenvalue weighted by atomic mass is 10.0. The molecule has 132 valence electrons. The average Bonchev–Trinajstić information content (AvgIpc) is 2.60. The van der Waals surface area contributed by atoms with Gasteiger partial charge in [-0.05, 0) is 43.1 Å². The van der Waals surface area contributed by atoms with Crippen molar-refractivity contribution in [3.8, 4) is 0 Å². The van der Waals surface area contributed by atoms with Crippen molar-refractivity contribution in [1.29, 1.82) is 0 Å². The van der Waals surface area contributed by atoms with Gasteiger partial charge in [0.05, 0.1) is 4.90 Å². The van der Waals surface area contributed by atoms with Crippen LogP contribution in [0.3, 0.4) is 0 Å². The zero-order valence-electron chi connectivity index (χ0n) is 14.4. The second-order valence-electron chi connectivity index (χ2n) is 6.40. The van der Waals surface area contributed by atoms with Gasteiger partial charge in [0.2, 0.25) is 15.9 Å². The van der Waals surface area contributed by atoms with Crippen LogP contribution in [0.2, 0.25) is 0 Å². The van der Waals surface area contributed by atoms with E-state index < -0.39 is 10.0 Å². The Morgan fingerprint density at radius 1 is 1.12 bits per heavy atom. The lowest BCUT2D eigenvalue weighted by molar-refractivity contribution is -0.116. The summed E-state index contributed by atoms with van der Waals surface area (Å²) < 4.78 is 27.4. The standard InChI is InChI=1S/C17H25N3O3S/c1-3-18-9-11-19(12-10-18)24(22,23)16-6-7-17-15(13-16)5-4-8-20(17)14(2)21/h6-7,13H,3-5,8-12H2,1-2H3. The van der Waals surface area contributed by atoms with Crippen molar-refractivity contribution >= 4 is 21.6 Å². The normalized spacial score (nSPS) is 20.0. The van der Waals surface area contributed by atoms with Gasteiger partial charge in [0, 0.05) is 45.3 Å². The number of carbonyl (C=O) groups is 1. The molecule has 6 nitrogen and oxygen atoms in total. The van der Waals surface area contributed by atoms with E-state index in [1.807, 2.05) is 0 Å². The monoisotopic (exact) mass is 351 g/mol. The molecule has 0 radical (unpaired) electrons. The summed E-state index contributed by atoms with van der Waals surface area (Å²) in [6.07, 6.45) is 1.68. The van der Waals surface area contributed by atoms with E-state index >= 15 is 0 Å². The van der Waals surface area contributed by atoms with Crippen molar-refractivity contribution in [3.05, 3.63) is 23.8 Å². The molecule has 0 atom stereocenters. The number of nitrogens with zero attached hydrogens (tertiary/aromatic N) is 3. The highest BCUT2D eigenvalue weighted by molar-refractivity contribution is 7.89. The SMILES string of the molecule is CCN1CCN(S(=O)(=O)c2ccc3c(c2)CCCN3C(C)=O)CC1. The van der Waals surface area contributed by atoms with Gasteiger partial charge in [-0.2, -0.15) is 4.31 Å². The maximum Gasteiger partial charge on any atom is 0.243 e. The molecule has 1 saturated heterocycles. The second kappa shape index (κ2) is 6.82. The summed E-state index contributed by atoms with van der Waals surface area (Å²) >= 11 is 0. The molecule has 1 fully saturated rings. The van der Waals surface area contributed by atoms with Crippen LogP contribution in [-0.4, -0.2) is 62.8 Å². The molecule has 2 aliphatic rings. The fraction of sp³-hybridized carbons (Fsp3) is 0.588. The number of hydrogen-bond donors (Lipinski definition) is 0. The van der Waals surface area contributed by atoms with Crippen molar-refractivity contribution in [1.82, 2.24) is 9.21 Å². The zero-order valence-corrected chi connectivity index (χ0v) is 15.2. The van der Waals surface area contributed by atoms with E-state index in [2.05, 4.69) is 11.8 Å². The number of anilines is 1. The molecule has 7 heteroatoms. The third-order valence-electron chi connectivity index (χ3n) is 4.97. The number of rotatable bonds is 3. The quantitative estimate of drug-likeness (QED) is 0.824. The van der Waals surface area contributed by atoms with Crippen molar-refractivity contribution in [2.75, 3.05) is 44.2 Å². The van der Waals surface area contributed by atoms with Gasteiger partial charge >= 0.3 is 0 Å². The van der Waals surface area contributed by atoms with Crippen molar-refractivity contribution < 1.29 is 13.2 Å². The minimum atomic E-state index is -3.46. The van der Waals surface area contributed by atoms with Crippen LogP contribution in [0.1, 0.15) is 25.8 Å². The molecule has 1 aromatic rings. The van der Waals surface area contributed by atoms with Crippen molar-refractivity contribution in [3.63, 3.8) is 0 Å². The topological polar surface area (TPSA) is 60.9 Å². The predicted octanol–water partition coefficient (Wildman–Crippen LogP) is 1.31. The van der Waals surface area contributed by atoms with E-state index in [0.29, 0.717) is 24.5 Å². The van der Waals surface area contributed by atoms with Gasteiger partial charge in [0.15, 0.2) is 0 Å². The lowest BCUT2D eigenvalue weighted by Crippen LogP contribution is -2.48. The van der Waals surface area contributed by atoms with Crippen molar-refractivity contribution in [2.45, 2.75) is 31.6 Å². The van der Waals surface area contributed by atoms with Crippen LogP contribution in [0, 0.1) is 0 Å². The van der Waals surface area contributed by atoms with Crippen LogP contribution >= 0.6 is 0 Å². The molecule has 0 aromatic heterocycles.